The lowest BCUT2D eigenvalue weighted by atomic mass is 9.99. The van der Waals surface area contributed by atoms with Crippen molar-refractivity contribution in [2.24, 2.45) is 5.92 Å². The van der Waals surface area contributed by atoms with E-state index in [4.69, 9.17) is 9.47 Å². The van der Waals surface area contributed by atoms with Gasteiger partial charge in [0.25, 0.3) is 5.91 Å². The normalized spacial score (nSPS) is 12.9. The van der Waals surface area contributed by atoms with Gasteiger partial charge in [-0.25, -0.2) is 4.79 Å². The summed E-state index contributed by atoms with van der Waals surface area (Å²) in [6, 6.07) is 12.7. The molecule has 0 saturated carbocycles. The van der Waals surface area contributed by atoms with E-state index in [0.717, 1.165) is 16.3 Å². The maximum atomic E-state index is 12.1. The Morgan fingerprint density at radius 1 is 1.07 bits per heavy atom. The molecule has 0 aromatic heterocycles. The summed E-state index contributed by atoms with van der Waals surface area (Å²) < 4.78 is 9.80. The van der Waals surface area contributed by atoms with Crippen molar-refractivity contribution in [3.8, 4) is 0 Å². The topological polar surface area (TPSA) is 81.7 Å². The second-order valence-corrected chi connectivity index (χ2v) is 6.43. The van der Waals surface area contributed by atoms with Crippen molar-refractivity contribution >= 4 is 28.6 Å². The molecule has 27 heavy (non-hydrogen) atoms. The predicted octanol–water partition coefficient (Wildman–Crippen LogP) is 2.63. The lowest BCUT2D eigenvalue weighted by Gasteiger charge is -2.21. The minimum Gasteiger partial charge on any atom is -0.467 e. The molecule has 2 rings (SSSR count). The minimum absolute atomic E-state index is 0.0699. The number of hydrogen-bond acceptors (Lipinski definition) is 5. The zero-order valence-electron chi connectivity index (χ0n) is 15.9. The van der Waals surface area contributed by atoms with Crippen LogP contribution in [-0.2, 0) is 30.3 Å². The molecule has 0 saturated heterocycles. The molecule has 0 unspecified atom stereocenters. The van der Waals surface area contributed by atoms with Crippen LogP contribution in [0.2, 0.25) is 0 Å². The summed E-state index contributed by atoms with van der Waals surface area (Å²) in [7, 11) is 1.27. The Labute approximate surface area is 158 Å². The molecule has 2 atom stereocenters. The van der Waals surface area contributed by atoms with Crippen LogP contribution in [0, 0.1) is 5.92 Å². The van der Waals surface area contributed by atoms with E-state index in [9.17, 15) is 14.4 Å². The second-order valence-electron chi connectivity index (χ2n) is 6.43. The van der Waals surface area contributed by atoms with Crippen LogP contribution in [0.15, 0.2) is 42.5 Å². The zero-order valence-corrected chi connectivity index (χ0v) is 15.9. The maximum Gasteiger partial charge on any atom is 0.328 e. The summed E-state index contributed by atoms with van der Waals surface area (Å²) in [5, 5.41) is 4.59. The van der Waals surface area contributed by atoms with Gasteiger partial charge in [0.1, 0.15) is 6.04 Å². The summed E-state index contributed by atoms with van der Waals surface area (Å²) in [4.78, 5) is 36.0. The van der Waals surface area contributed by atoms with Crippen molar-refractivity contribution in [1.29, 1.82) is 0 Å². The van der Waals surface area contributed by atoms with Gasteiger partial charge in [-0.2, -0.15) is 0 Å². The van der Waals surface area contributed by atoms with Gasteiger partial charge in [0.15, 0.2) is 6.61 Å². The van der Waals surface area contributed by atoms with Gasteiger partial charge < -0.3 is 14.8 Å². The number of rotatable bonds is 8. The van der Waals surface area contributed by atoms with Crippen molar-refractivity contribution in [3.05, 3.63) is 48.0 Å². The number of amides is 1. The number of ether oxygens (including phenoxy) is 2. The number of carbonyl (C=O) groups is 3. The van der Waals surface area contributed by atoms with Crippen LogP contribution in [0.4, 0.5) is 0 Å². The molecule has 0 radical (unpaired) electrons. The Balaban J connectivity index is 1.92. The van der Waals surface area contributed by atoms with Crippen molar-refractivity contribution in [1.82, 2.24) is 5.32 Å². The van der Waals surface area contributed by atoms with Crippen molar-refractivity contribution in [2.75, 3.05) is 13.7 Å². The third kappa shape index (κ3) is 5.54. The van der Waals surface area contributed by atoms with Gasteiger partial charge in [-0.15, -0.1) is 0 Å². The second kappa shape index (κ2) is 9.71. The highest BCUT2D eigenvalue weighted by Gasteiger charge is 2.26. The van der Waals surface area contributed by atoms with E-state index in [1.807, 2.05) is 56.3 Å². The van der Waals surface area contributed by atoms with Crippen LogP contribution < -0.4 is 5.32 Å². The SMILES string of the molecule is CC[C@H](C)[C@H](NC(=O)COC(=O)Cc1cccc2ccccc12)C(=O)OC. The van der Waals surface area contributed by atoms with E-state index in [-0.39, 0.29) is 12.3 Å². The Hall–Kier alpha value is -2.89. The Bertz CT molecular complexity index is 812. The highest BCUT2D eigenvalue weighted by molar-refractivity contribution is 5.90. The number of hydrogen-bond donors (Lipinski definition) is 1. The molecule has 0 aliphatic carbocycles. The molecule has 6 nitrogen and oxygen atoms in total. The fraction of sp³-hybridized carbons (Fsp3) is 0.381. The largest absolute Gasteiger partial charge is 0.467 e. The molecule has 0 fully saturated rings. The molecule has 0 aliphatic rings. The highest BCUT2D eigenvalue weighted by Crippen LogP contribution is 2.19. The summed E-state index contributed by atoms with van der Waals surface area (Å²) >= 11 is 0. The molecule has 1 amide bonds. The molecule has 6 heteroatoms. The summed E-state index contributed by atoms with van der Waals surface area (Å²) in [6.07, 6.45) is 0.765. The lowest BCUT2D eigenvalue weighted by Crippen LogP contribution is -2.47. The molecule has 2 aromatic rings. The van der Waals surface area contributed by atoms with Crippen LogP contribution in [0.3, 0.4) is 0 Å². The summed E-state index contributed by atoms with van der Waals surface area (Å²) in [5.74, 6) is -1.64. The smallest absolute Gasteiger partial charge is 0.328 e. The summed E-state index contributed by atoms with van der Waals surface area (Å²) in [5.41, 5.74) is 0.838. The fourth-order valence-electron chi connectivity index (χ4n) is 2.81. The zero-order chi connectivity index (χ0) is 19.8. The Kier molecular flexibility index (Phi) is 7.34. The minimum atomic E-state index is -0.760. The molecule has 0 heterocycles. The maximum absolute atomic E-state index is 12.1. The molecule has 0 aliphatic heterocycles. The third-order valence-corrected chi connectivity index (χ3v) is 4.56. The first-order valence-corrected chi connectivity index (χ1v) is 8.95. The van der Waals surface area contributed by atoms with Crippen LogP contribution in [0.5, 0.6) is 0 Å². The Morgan fingerprint density at radius 2 is 1.78 bits per heavy atom. The van der Waals surface area contributed by atoms with Gasteiger partial charge in [0.05, 0.1) is 13.5 Å². The van der Waals surface area contributed by atoms with E-state index in [2.05, 4.69) is 5.32 Å². The Morgan fingerprint density at radius 3 is 2.48 bits per heavy atom. The number of carbonyl (C=O) groups excluding carboxylic acids is 3. The van der Waals surface area contributed by atoms with Gasteiger partial charge in [-0.05, 0) is 22.3 Å². The van der Waals surface area contributed by atoms with E-state index < -0.39 is 30.5 Å². The van der Waals surface area contributed by atoms with Crippen LogP contribution in [0.1, 0.15) is 25.8 Å². The third-order valence-electron chi connectivity index (χ3n) is 4.56. The monoisotopic (exact) mass is 371 g/mol. The van der Waals surface area contributed by atoms with E-state index in [1.165, 1.54) is 7.11 Å². The molecular weight excluding hydrogens is 346 g/mol. The van der Waals surface area contributed by atoms with Gasteiger partial charge in [0.2, 0.25) is 0 Å². The van der Waals surface area contributed by atoms with Crippen molar-refractivity contribution in [3.63, 3.8) is 0 Å². The highest BCUT2D eigenvalue weighted by atomic mass is 16.5. The quantitative estimate of drug-likeness (QED) is 0.722. The molecule has 0 spiro atoms. The van der Waals surface area contributed by atoms with Gasteiger partial charge in [-0.1, -0.05) is 62.7 Å². The molecule has 1 N–H and O–H groups in total. The number of fused-ring (bicyclic) bond motifs is 1. The first kappa shape index (κ1) is 20.4. The predicted molar refractivity (Wildman–Crippen MR) is 102 cm³/mol. The summed E-state index contributed by atoms with van der Waals surface area (Å²) in [6.45, 7) is 3.32. The standard InChI is InChI=1S/C21H25NO5/c1-4-14(2)20(21(25)26-3)22-18(23)13-27-19(24)12-16-10-7-9-15-8-5-6-11-17(15)16/h5-11,14,20H,4,12-13H2,1-3H3,(H,22,23)/t14-,20-/m0/s1. The fourth-order valence-corrected chi connectivity index (χ4v) is 2.81. The lowest BCUT2D eigenvalue weighted by molar-refractivity contribution is -0.150. The van der Waals surface area contributed by atoms with E-state index >= 15 is 0 Å². The number of esters is 2. The number of methoxy groups -OCH3 is 1. The van der Waals surface area contributed by atoms with Crippen LogP contribution in [-0.4, -0.2) is 37.6 Å². The van der Waals surface area contributed by atoms with Crippen LogP contribution >= 0.6 is 0 Å². The molecule has 2 aromatic carbocycles. The average Bonchev–Trinajstić information content (AvgIpc) is 2.69. The van der Waals surface area contributed by atoms with Gasteiger partial charge in [0, 0.05) is 0 Å². The van der Waals surface area contributed by atoms with Crippen LogP contribution in [0.25, 0.3) is 10.8 Å². The van der Waals surface area contributed by atoms with Gasteiger partial charge in [-0.3, -0.25) is 9.59 Å². The van der Waals surface area contributed by atoms with Gasteiger partial charge >= 0.3 is 11.9 Å². The van der Waals surface area contributed by atoms with E-state index in [0.29, 0.717) is 6.42 Å². The van der Waals surface area contributed by atoms with E-state index in [1.54, 1.807) is 0 Å². The molecular formula is C21H25NO5. The molecule has 144 valence electrons. The first-order valence-electron chi connectivity index (χ1n) is 8.95. The number of benzene rings is 2. The number of nitrogens with one attached hydrogen (secondary N) is 1. The first-order chi connectivity index (χ1) is 13.0. The van der Waals surface area contributed by atoms with Crippen molar-refractivity contribution < 1.29 is 23.9 Å². The average molecular weight is 371 g/mol. The van der Waals surface area contributed by atoms with Crippen molar-refractivity contribution in [2.45, 2.75) is 32.7 Å². The molecule has 0 bridgehead atoms.